The van der Waals surface area contributed by atoms with Crippen LogP contribution >= 0.6 is 15.9 Å². The maximum atomic E-state index is 3.56. The molecule has 0 radical (unpaired) electrons. The maximum absolute atomic E-state index is 3.56. The van der Waals surface area contributed by atoms with Crippen LogP contribution in [0.15, 0.2) is 46.9 Å². The molecule has 0 spiro atoms. The molecule has 1 aromatic heterocycles. The van der Waals surface area contributed by atoms with Gasteiger partial charge >= 0.3 is 0 Å². The molecule has 1 aliphatic rings. The third-order valence-corrected chi connectivity index (χ3v) is 4.42. The lowest BCUT2D eigenvalue weighted by Crippen LogP contribution is -1.94. The Morgan fingerprint density at radius 3 is 2.83 bits per heavy atom. The summed E-state index contributed by atoms with van der Waals surface area (Å²) in [7, 11) is 2.17. The van der Waals surface area contributed by atoms with Crippen molar-refractivity contribution >= 4 is 26.8 Å². The fourth-order valence-corrected chi connectivity index (χ4v) is 3.42. The normalized spacial score (nSPS) is 12.8. The molecule has 0 N–H and O–H groups in total. The summed E-state index contributed by atoms with van der Waals surface area (Å²) in [6.45, 7) is 0. The molecule has 1 aliphatic carbocycles. The molecule has 0 fully saturated rings. The Labute approximate surface area is 114 Å². The van der Waals surface area contributed by atoms with Crippen molar-refractivity contribution in [1.29, 1.82) is 0 Å². The standard InChI is InChI=1S/C16H12BrN/c1-18-14-9-11(17)6-7-13(14)16-12-5-3-2-4-10(12)8-15(16)18/h2-7,9H,8H2,1H3. The summed E-state index contributed by atoms with van der Waals surface area (Å²) >= 11 is 3.56. The number of hydrogen-bond donors (Lipinski definition) is 0. The largest absolute Gasteiger partial charge is 0.347 e. The minimum atomic E-state index is 1.05. The maximum Gasteiger partial charge on any atom is 0.0497 e. The van der Waals surface area contributed by atoms with Crippen LogP contribution in [0.2, 0.25) is 0 Å². The fourth-order valence-electron chi connectivity index (χ4n) is 3.07. The van der Waals surface area contributed by atoms with Gasteiger partial charge in [0.2, 0.25) is 0 Å². The van der Waals surface area contributed by atoms with E-state index in [0.717, 1.165) is 10.9 Å². The van der Waals surface area contributed by atoms with Gasteiger partial charge in [0.05, 0.1) is 0 Å². The van der Waals surface area contributed by atoms with E-state index >= 15 is 0 Å². The van der Waals surface area contributed by atoms with Crippen LogP contribution in [-0.4, -0.2) is 4.57 Å². The van der Waals surface area contributed by atoms with Gasteiger partial charge in [-0.25, -0.2) is 0 Å². The van der Waals surface area contributed by atoms with Gasteiger partial charge in [0.1, 0.15) is 0 Å². The Morgan fingerprint density at radius 2 is 1.94 bits per heavy atom. The number of aryl methyl sites for hydroxylation is 1. The van der Waals surface area contributed by atoms with E-state index in [1.165, 1.54) is 33.3 Å². The molecule has 0 bridgehead atoms. The number of hydrogen-bond acceptors (Lipinski definition) is 0. The van der Waals surface area contributed by atoms with E-state index < -0.39 is 0 Å². The Bertz CT molecular complexity index is 783. The first-order valence-corrected chi connectivity index (χ1v) is 6.90. The summed E-state index contributed by atoms with van der Waals surface area (Å²) in [4.78, 5) is 0. The molecule has 88 valence electrons. The van der Waals surface area contributed by atoms with E-state index in [9.17, 15) is 0 Å². The highest BCUT2D eigenvalue weighted by Gasteiger charge is 2.24. The fraction of sp³-hybridized carbons (Fsp3) is 0.125. The molecule has 0 atom stereocenters. The molecule has 0 aliphatic heterocycles. The predicted molar refractivity (Wildman–Crippen MR) is 78.9 cm³/mol. The number of nitrogens with zero attached hydrogens (tertiary/aromatic N) is 1. The van der Waals surface area contributed by atoms with Gasteiger partial charge in [0.15, 0.2) is 0 Å². The highest BCUT2D eigenvalue weighted by molar-refractivity contribution is 9.10. The number of aromatic nitrogens is 1. The Hall–Kier alpha value is -1.54. The van der Waals surface area contributed by atoms with Gasteiger partial charge in [-0.3, -0.25) is 0 Å². The summed E-state index contributed by atoms with van der Waals surface area (Å²) < 4.78 is 3.47. The predicted octanol–water partition coefficient (Wildman–Crippen LogP) is 4.51. The minimum Gasteiger partial charge on any atom is -0.347 e. The smallest absolute Gasteiger partial charge is 0.0497 e. The molecule has 18 heavy (non-hydrogen) atoms. The lowest BCUT2D eigenvalue weighted by atomic mass is 10.0. The summed E-state index contributed by atoms with van der Waals surface area (Å²) in [5, 5.41) is 1.36. The van der Waals surface area contributed by atoms with Crippen LogP contribution in [0.5, 0.6) is 0 Å². The van der Waals surface area contributed by atoms with Crippen LogP contribution in [0.4, 0.5) is 0 Å². The van der Waals surface area contributed by atoms with Gasteiger partial charge in [-0.1, -0.05) is 46.3 Å². The summed E-state index contributed by atoms with van der Waals surface area (Å²) in [6, 6.07) is 15.3. The Morgan fingerprint density at radius 1 is 1.11 bits per heavy atom. The van der Waals surface area contributed by atoms with E-state index in [1.807, 2.05) is 0 Å². The van der Waals surface area contributed by atoms with Crippen LogP contribution in [0.1, 0.15) is 11.3 Å². The van der Waals surface area contributed by atoms with Gasteiger partial charge in [0, 0.05) is 40.1 Å². The number of benzene rings is 2. The molecular weight excluding hydrogens is 286 g/mol. The van der Waals surface area contributed by atoms with E-state index in [4.69, 9.17) is 0 Å². The van der Waals surface area contributed by atoms with E-state index in [2.05, 4.69) is 70.0 Å². The van der Waals surface area contributed by atoms with Crippen molar-refractivity contribution in [1.82, 2.24) is 4.57 Å². The molecule has 3 aromatic rings. The monoisotopic (exact) mass is 297 g/mol. The zero-order valence-corrected chi connectivity index (χ0v) is 11.7. The molecule has 2 heteroatoms. The van der Waals surface area contributed by atoms with Crippen LogP contribution in [-0.2, 0) is 13.5 Å². The van der Waals surface area contributed by atoms with Gasteiger partial charge in [-0.2, -0.15) is 0 Å². The third-order valence-electron chi connectivity index (χ3n) is 3.93. The molecule has 0 saturated carbocycles. The molecule has 0 saturated heterocycles. The molecule has 2 aromatic carbocycles. The summed E-state index contributed by atoms with van der Waals surface area (Å²) in [5.41, 5.74) is 7.02. The first-order chi connectivity index (χ1) is 8.75. The van der Waals surface area contributed by atoms with E-state index in [0.29, 0.717) is 0 Å². The lowest BCUT2D eigenvalue weighted by molar-refractivity contribution is 0.893. The van der Waals surface area contributed by atoms with Crippen molar-refractivity contribution in [2.45, 2.75) is 6.42 Å². The van der Waals surface area contributed by atoms with Crippen LogP contribution in [0.25, 0.3) is 22.0 Å². The third kappa shape index (κ3) is 1.21. The van der Waals surface area contributed by atoms with Gasteiger partial charge < -0.3 is 4.57 Å². The first-order valence-electron chi connectivity index (χ1n) is 6.11. The SMILES string of the molecule is Cn1c2c(c3ccc(Br)cc31)-c1ccccc1C2. The topological polar surface area (TPSA) is 4.93 Å². The molecule has 1 heterocycles. The molecule has 0 amide bonds. The second kappa shape index (κ2) is 3.48. The second-order valence-corrected chi connectivity index (χ2v) is 5.79. The average Bonchev–Trinajstić information content (AvgIpc) is 2.87. The minimum absolute atomic E-state index is 1.05. The Balaban J connectivity index is 2.16. The van der Waals surface area contributed by atoms with Crippen molar-refractivity contribution in [2.75, 3.05) is 0 Å². The van der Waals surface area contributed by atoms with Gasteiger partial charge in [-0.15, -0.1) is 0 Å². The highest BCUT2D eigenvalue weighted by Crippen LogP contribution is 2.43. The van der Waals surface area contributed by atoms with Crippen LogP contribution < -0.4 is 0 Å². The van der Waals surface area contributed by atoms with Crippen molar-refractivity contribution in [3.8, 4) is 11.1 Å². The number of rotatable bonds is 0. The first kappa shape index (κ1) is 10.4. The molecule has 0 unspecified atom stereocenters. The summed E-state index contributed by atoms with van der Waals surface area (Å²) in [5.74, 6) is 0. The molecular formula is C16H12BrN. The number of fused-ring (bicyclic) bond motifs is 5. The van der Waals surface area contributed by atoms with Gasteiger partial charge in [0.25, 0.3) is 0 Å². The number of halogens is 1. The van der Waals surface area contributed by atoms with Gasteiger partial charge in [-0.05, 0) is 23.3 Å². The van der Waals surface area contributed by atoms with Crippen LogP contribution in [0.3, 0.4) is 0 Å². The summed E-state index contributed by atoms with van der Waals surface area (Å²) in [6.07, 6.45) is 1.05. The van der Waals surface area contributed by atoms with E-state index in [-0.39, 0.29) is 0 Å². The van der Waals surface area contributed by atoms with Crippen molar-refractivity contribution in [3.05, 3.63) is 58.2 Å². The van der Waals surface area contributed by atoms with E-state index in [1.54, 1.807) is 0 Å². The van der Waals surface area contributed by atoms with Crippen molar-refractivity contribution in [3.63, 3.8) is 0 Å². The zero-order chi connectivity index (χ0) is 12.3. The Kier molecular flexibility index (Phi) is 2.01. The van der Waals surface area contributed by atoms with Crippen molar-refractivity contribution in [2.24, 2.45) is 7.05 Å². The second-order valence-electron chi connectivity index (χ2n) is 4.88. The average molecular weight is 298 g/mol. The molecule has 4 rings (SSSR count). The zero-order valence-electron chi connectivity index (χ0n) is 10.1. The van der Waals surface area contributed by atoms with Crippen LogP contribution in [0, 0.1) is 0 Å². The van der Waals surface area contributed by atoms with Crippen molar-refractivity contribution < 1.29 is 0 Å². The molecule has 1 nitrogen and oxygen atoms in total. The lowest BCUT2D eigenvalue weighted by Gasteiger charge is -2.03. The highest BCUT2D eigenvalue weighted by atomic mass is 79.9. The quantitative estimate of drug-likeness (QED) is 0.450.